The summed E-state index contributed by atoms with van der Waals surface area (Å²) >= 11 is 0. The molecule has 0 spiro atoms. The van der Waals surface area contributed by atoms with E-state index in [2.05, 4.69) is 0 Å². The third-order valence-corrected chi connectivity index (χ3v) is 1.77. The van der Waals surface area contributed by atoms with Crippen LogP contribution in [-0.4, -0.2) is 40.7 Å². The standard InChI is InChI=1S/C7H16NO3/c8-7(1-4-9,2-5-10)3-6-11/h8-11H,1-6H2. The molecule has 0 saturated carbocycles. The van der Waals surface area contributed by atoms with Crippen molar-refractivity contribution in [3.05, 3.63) is 0 Å². The van der Waals surface area contributed by atoms with E-state index in [9.17, 15) is 0 Å². The first-order valence-electron chi connectivity index (χ1n) is 3.76. The minimum absolute atomic E-state index is 0.0660. The molecule has 0 aromatic heterocycles. The van der Waals surface area contributed by atoms with E-state index in [0.29, 0.717) is 19.3 Å². The van der Waals surface area contributed by atoms with Gasteiger partial charge in [0.15, 0.2) is 0 Å². The Morgan fingerprint density at radius 2 is 1.09 bits per heavy atom. The van der Waals surface area contributed by atoms with Gasteiger partial charge in [0, 0.05) is 25.4 Å². The highest BCUT2D eigenvalue weighted by Gasteiger charge is 2.23. The lowest BCUT2D eigenvalue weighted by Gasteiger charge is -2.25. The minimum Gasteiger partial charge on any atom is -0.396 e. The highest BCUT2D eigenvalue weighted by Crippen LogP contribution is 2.17. The van der Waals surface area contributed by atoms with Gasteiger partial charge in [-0.25, -0.2) is 0 Å². The summed E-state index contributed by atoms with van der Waals surface area (Å²) in [7, 11) is 0. The van der Waals surface area contributed by atoms with Gasteiger partial charge in [0.05, 0.1) is 0 Å². The van der Waals surface area contributed by atoms with Crippen LogP contribution >= 0.6 is 0 Å². The van der Waals surface area contributed by atoms with Crippen molar-refractivity contribution in [3.8, 4) is 0 Å². The Kier molecular flexibility index (Phi) is 5.41. The molecule has 0 unspecified atom stereocenters. The Morgan fingerprint density at radius 3 is 1.27 bits per heavy atom. The van der Waals surface area contributed by atoms with Gasteiger partial charge in [0.2, 0.25) is 0 Å². The Balaban J connectivity index is 3.79. The molecule has 0 bridgehead atoms. The molecule has 0 aliphatic carbocycles. The van der Waals surface area contributed by atoms with Gasteiger partial charge in [-0.1, -0.05) is 0 Å². The minimum atomic E-state index is -0.849. The molecular formula is C7H16NO3. The van der Waals surface area contributed by atoms with Crippen LogP contribution in [0.4, 0.5) is 0 Å². The molecule has 1 radical (unpaired) electrons. The van der Waals surface area contributed by atoms with Gasteiger partial charge in [-0.2, -0.15) is 0 Å². The van der Waals surface area contributed by atoms with E-state index in [1.165, 1.54) is 0 Å². The summed E-state index contributed by atoms with van der Waals surface area (Å²) in [4.78, 5) is 0. The third-order valence-electron chi connectivity index (χ3n) is 1.77. The first-order chi connectivity index (χ1) is 5.18. The largest absolute Gasteiger partial charge is 0.396 e. The van der Waals surface area contributed by atoms with Crippen LogP contribution in [0, 0.1) is 0 Å². The predicted molar refractivity (Wildman–Crippen MR) is 40.9 cm³/mol. The van der Waals surface area contributed by atoms with Gasteiger partial charge in [0.1, 0.15) is 0 Å². The summed E-state index contributed by atoms with van der Waals surface area (Å²) in [5.41, 5.74) is 6.79. The van der Waals surface area contributed by atoms with Gasteiger partial charge in [-0.15, -0.1) is 0 Å². The topological polar surface area (TPSA) is 84.5 Å². The summed E-state index contributed by atoms with van der Waals surface area (Å²) in [6, 6.07) is 0. The summed E-state index contributed by atoms with van der Waals surface area (Å²) in [5, 5.41) is 25.7. The summed E-state index contributed by atoms with van der Waals surface area (Å²) in [6.07, 6.45) is 0.941. The fourth-order valence-electron chi connectivity index (χ4n) is 1.02. The number of aliphatic hydroxyl groups excluding tert-OH is 3. The second-order valence-electron chi connectivity index (χ2n) is 2.70. The molecule has 0 amide bonds. The van der Waals surface area contributed by atoms with Crippen LogP contribution < -0.4 is 5.73 Å². The quantitative estimate of drug-likeness (QED) is 0.476. The molecule has 4 heteroatoms. The van der Waals surface area contributed by atoms with E-state index in [4.69, 9.17) is 21.1 Å². The van der Waals surface area contributed by atoms with Crippen molar-refractivity contribution in [2.24, 2.45) is 0 Å². The number of aliphatic hydroxyl groups is 3. The van der Waals surface area contributed by atoms with Crippen molar-refractivity contribution in [2.75, 3.05) is 19.8 Å². The molecule has 0 heterocycles. The second-order valence-corrected chi connectivity index (χ2v) is 2.70. The van der Waals surface area contributed by atoms with Gasteiger partial charge in [0.25, 0.3) is 0 Å². The zero-order valence-corrected chi connectivity index (χ0v) is 6.58. The monoisotopic (exact) mass is 162 g/mol. The molecule has 0 aromatic carbocycles. The van der Waals surface area contributed by atoms with Crippen LogP contribution in [0.1, 0.15) is 19.3 Å². The van der Waals surface area contributed by atoms with Crippen LogP contribution in [0.25, 0.3) is 0 Å². The first-order valence-corrected chi connectivity index (χ1v) is 3.76. The molecule has 0 aliphatic heterocycles. The number of rotatable bonds is 6. The molecule has 0 aromatic rings. The van der Waals surface area contributed by atoms with Crippen LogP contribution in [0.5, 0.6) is 0 Å². The molecule has 0 aliphatic rings. The Hall–Kier alpha value is -0.160. The Bertz CT molecular complexity index is 80.7. The molecule has 0 saturated heterocycles. The number of hydrogen-bond donors (Lipinski definition) is 3. The van der Waals surface area contributed by atoms with E-state index >= 15 is 0 Å². The van der Waals surface area contributed by atoms with E-state index in [0.717, 1.165) is 0 Å². The molecule has 0 fully saturated rings. The first kappa shape index (κ1) is 10.8. The lowest BCUT2D eigenvalue weighted by Crippen LogP contribution is -2.34. The highest BCUT2D eigenvalue weighted by atomic mass is 16.3. The van der Waals surface area contributed by atoms with Crippen molar-refractivity contribution >= 4 is 0 Å². The van der Waals surface area contributed by atoms with E-state index in [1.54, 1.807) is 0 Å². The Labute approximate surface area is 66.7 Å². The smallest absolute Gasteiger partial charge is 0.0449 e. The molecule has 67 valence electrons. The highest BCUT2D eigenvalue weighted by molar-refractivity contribution is 4.82. The van der Waals surface area contributed by atoms with Crippen molar-refractivity contribution in [2.45, 2.75) is 24.8 Å². The molecular weight excluding hydrogens is 146 g/mol. The number of nitrogens with one attached hydrogen (secondary N) is 1. The van der Waals surface area contributed by atoms with E-state index in [1.807, 2.05) is 0 Å². The number of hydrogen-bond acceptors (Lipinski definition) is 3. The summed E-state index contributed by atoms with van der Waals surface area (Å²) in [6.45, 7) is -0.198. The Morgan fingerprint density at radius 1 is 0.818 bits per heavy atom. The van der Waals surface area contributed by atoms with E-state index in [-0.39, 0.29) is 19.8 Å². The molecule has 4 nitrogen and oxygen atoms in total. The van der Waals surface area contributed by atoms with Gasteiger partial charge >= 0.3 is 0 Å². The van der Waals surface area contributed by atoms with Crippen molar-refractivity contribution in [3.63, 3.8) is 0 Å². The zero-order chi connectivity index (χ0) is 8.74. The predicted octanol–water partition coefficient (Wildman–Crippen LogP) is -0.845. The van der Waals surface area contributed by atoms with Gasteiger partial charge < -0.3 is 15.3 Å². The van der Waals surface area contributed by atoms with Crippen LogP contribution in [-0.2, 0) is 0 Å². The normalized spacial score (nSPS) is 12.0. The second kappa shape index (κ2) is 5.49. The maximum atomic E-state index is 8.57. The van der Waals surface area contributed by atoms with Crippen molar-refractivity contribution in [1.29, 1.82) is 0 Å². The lowest BCUT2D eigenvalue weighted by molar-refractivity contribution is 0.155. The van der Waals surface area contributed by atoms with Crippen molar-refractivity contribution < 1.29 is 15.3 Å². The zero-order valence-electron chi connectivity index (χ0n) is 6.58. The maximum absolute atomic E-state index is 8.57. The fourth-order valence-corrected chi connectivity index (χ4v) is 1.02. The van der Waals surface area contributed by atoms with Gasteiger partial charge in [-0.05, 0) is 19.3 Å². The average molecular weight is 162 g/mol. The average Bonchev–Trinajstić information content (AvgIpc) is 1.88. The molecule has 11 heavy (non-hydrogen) atoms. The van der Waals surface area contributed by atoms with Crippen LogP contribution in [0.2, 0.25) is 0 Å². The van der Waals surface area contributed by atoms with Gasteiger partial charge in [-0.3, -0.25) is 5.73 Å². The summed E-state index contributed by atoms with van der Waals surface area (Å²) < 4.78 is 0. The SMILES string of the molecule is [NH]C(CCO)(CCO)CCO. The lowest BCUT2D eigenvalue weighted by atomic mass is 9.90. The third kappa shape index (κ3) is 4.31. The molecule has 0 rings (SSSR count). The molecule has 0 atom stereocenters. The molecule has 4 N–H and O–H groups in total. The van der Waals surface area contributed by atoms with Crippen LogP contribution in [0.3, 0.4) is 0 Å². The van der Waals surface area contributed by atoms with E-state index < -0.39 is 5.54 Å². The van der Waals surface area contributed by atoms with Crippen LogP contribution in [0.15, 0.2) is 0 Å². The fraction of sp³-hybridized carbons (Fsp3) is 1.00. The van der Waals surface area contributed by atoms with Crippen molar-refractivity contribution in [1.82, 2.24) is 5.73 Å². The summed E-state index contributed by atoms with van der Waals surface area (Å²) in [5.74, 6) is 0. The maximum Gasteiger partial charge on any atom is 0.0449 e.